The van der Waals surface area contributed by atoms with Crippen molar-refractivity contribution in [2.75, 3.05) is 6.61 Å². The van der Waals surface area contributed by atoms with E-state index in [4.69, 9.17) is 9.84 Å². The van der Waals surface area contributed by atoms with Crippen molar-refractivity contribution in [3.05, 3.63) is 12.2 Å². The van der Waals surface area contributed by atoms with Crippen LogP contribution in [0.4, 0.5) is 0 Å². The third-order valence-electron chi connectivity index (χ3n) is 1.95. The van der Waals surface area contributed by atoms with E-state index in [0.29, 0.717) is 13.0 Å². The van der Waals surface area contributed by atoms with Gasteiger partial charge in [0.15, 0.2) is 0 Å². The molecule has 0 radical (unpaired) electrons. The van der Waals surface area contributed by atoms with Gasteiger partial charge < -0.3 is 14.9 Å². The Hall–Kier alpha value is -0.870. The molecule has 2 atom stereocenters. The van der Waals surface area contributed by atoms with Crippen LogP contribution < -0.4 is 0 Å². The van der Waals surface area contributed by atoms with Crippen molar-refractivity contribution in [2.24, 2.45) is 0 Å². The van der Waals surface area contributed by atoms with Crippen molar-refractivity contribution in [3.8, 4) is 0 Å². The molecular weight excluding hydrogens is 160 g/mol. The van der Waals surface area contributed by atoms with E-state index in [1.54, 1.807) is 0 Å². The summed E-state index contributed by atoms with van der Waals surface area (Å²) < 4.78 is 5.11. The van der Waals surface area contributed by atoms with Gasteiger partial charge >= 0.3 is 5.97 Å². The van der Waals surface area contributed by atoms with Crippen LogP contribution in [0, 0.1) is 0 Å². The largest absolute Gasteiger partial charge is 0.478 e. The molecule has 68 valence electrons. The molecule has 1 aliphatic rings. The van der Waals surface area contributed by atoms with Gasteiger partial charge in [-0.05, 0) is 12.8 Å². The van der Waals surface area contributed by atoms with E-state index >= 15 is 0 Å². The second-order valence-corrected chi connectivity index (χ2v) is 2.83. The molecule has 2 N–H and O–H groups in total. The number of rotatable bonds is 3. The minimum absolute atomic E-state index is 0.193. The van der Waals surface area contributed by atoms with Crippen LogP contribution in [0.15, 0.2) is 12.2 Å². The summed E-state index contributed by atoms with van der Waals surface area (Å²) in [6.45, 7) is 3.86. The monoisotopic (exact) mass is 172 g/mol. The number of aliphatic hydroxyl groups is 1. The molecule has 12 heavy (non-hydrogen) atoms. The average Bonchev–Trinajstić information content (AvgIpc) is 2.53. The molecule has 4 nitrogen and oxygen atoms in total. The highest BCUT2D eigenvalue weighted by molar-refractivity contribution is 5.87. The van der Waals surface area contributed by atoms with E-state index in [9.17, 15) is 9.90 Å². The lowest BCUT2D eigenvalue weighted by atomic mass is 10.0. The molecule has 0 bridgehead atoms. The first kappa shape index (κ1) is 9.22. The van der Waals surface area contributed by atoms with Gasteiger partial charge in [-0.25, -0.2) is 4.79 Å². The van der Waals surface area contributed by atoms with E-state index in [1.807, 2.05) is 0 Å². The molecule has 0 aromatic heterocycles. The third kappa shape index (κ3) is 1.84. The fourth-order valence-electron chi connectivity index (χ4n) is 1.20. The quantitative estimate of drug-likeness (QED) is 0.595. The highest BCUT2D eigenvalue weighted by Gasteiger charge is 2.28. The van der Waals surface area contributed by atoms with Crippen LogP contribution in [0.3, 0.4) is 0 Å². The number of hydrogen-bond donors (Lipinski definition) is 2. The number of carbonyl (C=O) groups is 1. The first-order valence-electron chi connectivity index (χ1n) is 3.84. The van der Waals surface area contributed by atoms with Gasteiger partial charge in [-0.1, -0.05) is 6.58 Å². The van der Waals surface area contributed by atoms with Gasteiger partial charge in [0.2, 0.25) is 0 Å². The zero-order valence-electron chi connectivity index (χ0n) is 6.69. The van der Waals surface area contributed by atoms with Gasteiger partial charge in [-0.15, -0.1) is 0 Å². The number of hydrogen-bond acceptors (Lipinski definition) is 3. The Morgan fingerprint density at radius 3 is 2.75 bits per heavy atom. The Kier molecular flexibility index (Phi) is 2.83. The molecule has 4 heteroatoms. The highest BCUT2D eigenvalue weighted by atomic mass is 16.5. The van der Waals surface area contributed by atoms with Gasteiger partial charge in [0.05, 0.1) is 11.7 Å². The third-order valence-corrected chi connectivity index (χ3v) is 1.95. The van der Waals surface area contributed by atoms with Crippen molar-refractivity contribution in [1.82, 2.24) is 0 Å². The predicted octanol–water partition coefficient (Wildman–Crippen LogP) is 0.167. The first-order chi connectivity index (χ1) is 5.63. The molecule has 0 amide bonds. The van der Waals surface area contributed by atoms with Gasteiger partial charge in [-0.3, -0.25) is 0 Å². The molecule has 0 spiro atoms. The van der Waals surface area contributed by atoms with Gasteiger partial charge in [0.25, 0.3) is 0 Å². The number of carboxylic acid groups (broad SMARTS) is 1. The van der Waals surface area contributed by atoms with Crippen LogP contribution in [0.1, 0.15) is 12.8 Å². The van der Waals surface area contributed by atoms with Crippen LogP contribution in [0.2, 0.25) is 0 Å². The summed E-state index contributed by atoms with van der Waals surface area (Å²) in [5.41, 5.74) is -0.193. The molecule has 0 saturated carbocycles. The maximum Gasteiger partial charge on any atom is 0.333 e. The Labute approximate surface area is 70.5 Å². The Balaban J connectivity index is 2.51. The Morgan fingerprint density at radius 1 is 1.67 bits per heavy atom. The van der Waals surface area contributed by atoms with Crippen LogP contribution >= 0.6 is 0 Å². The molecule has 1 heterocycles. The zero-order chi connectivity index (χ0) is 9.14. The van der Waals surface area contributed by atoms with Crippen molar-refractivity contribution >= 4 is 5.97 Å². The summed E-state index contributed by atoms with van der Waals surface area (Å²) in [7, 11) is 0. The highest BCUT2D eigenvalue weighted by Crippen LogP contribution is 2.19. The molecule has 1 rings (SSSR count). The molecule has 1 aliphatic heterocycles. The van der Waals surface area contributed by atoms with E-state index in [0.717, 1.165) is 6.42 Å². The SMILES string of the molecule is C=C(C(=O)O)C(O)C1CCCO1. The van der Waals surface area contributed by atoms with Crippen molar-refractivity contribution in [2.45, 2.75) is 25.0 Å². The lowest BCUT2D eigenvalue weighted by Gasteiger charge is -2.16. The number of carboxylic acids is 1. The maximum absolute atomic E-state index is 10.4. The summed E-state index contributed by atoms with van der Waals surface area (Å²) in [6.07, 6.45) is 0.126. The lowest BCUT2D eigenvalue weighted by Crippen LogP contribution is -2.29. The fourth-order valence-corrected chi connectivity index (χ4v) is 1.20. The minimum atomic E-state index is -1.17. The molecule has 0 aromatic rings. The number of aliphatic hydroxyl groups excluding tert-OH is 1. The number of ether oxygens (including phenoxy) is 1. The normalized spacial score (nSPS) is 25.2. The maximum atomic E-state index is 10.4. The molecule has 0 aliphatic carbocycles. The summed E-state index contributed by atoms with van der Waals surface area (Å²) in [4.78, 5) is 10.4. The van der Waals surface area contributed by atoms with E-state index in [2.05, 4.69) is 6.58 Å². The van der Waals surface area contributed by atoms with Crippen LogP contribution in [-0.4, -0.2) is 35.0 Å². The van der Waals surface area contributed by atoms with Crippen LogP contribution in [0.5, 0.6) is 0 Å². The Bertz CT molecular complexity index is 193. The molecule has 0 aromatic carbocycles. The van der Waals surface area contributed by atoms with Crippen molar-refractivity contribution in [3.63, 3.8) is 0 Å². The summed E-state index contributed by atoms with van der Waals surface area (Å²) in [5.74, 6) is -1.17. The van der Waals surface area contributed by atoms with Gasteiger partial charge in [-0.2, -0.15) is 0 Å². The van der Waals surface area contributed by atoms with E-state index < -0.39 is 12.1 Å². The molecule has 1 saturated heterocycles. The van der Waals surface area contributed by atoms with Crippen LogP contribution in [-0.2, 0) is 9.53 Å². The van der Waals surface area contributed by atoms with Crippen LogP contribution in [0.25, 0.3) is 0 Å². The van der Waals surface area contributed by atoms with E-state index in [-0.39, 0.29) is 11.7 Å². The lowest BCUT2D eigenvalue weighted by molar-refractivity contribution is -0.134. The summed E-state index contributed by atoms with van der Waals surface area (Å²) >= 11 is 0. The molecule has 2 unspecified atom stereocenters. The standard InChI is InChI=1S/C8H12O4/c1-5(8(10)11)7(9)6-3-2-4-12-6/h6-7,9H,1-4H2,(H,10,11). The Morgan fingerprint density at radius 2 is 2.33 bits per heavy atom. The summed E-state index contributed by atoms with van der Waals surface area (Å²) in [6, 6.07) is 0. The zero-order valence-corrected chi connectivity index (χ0v) is 6.69. The van der Waals surface area contributed by atoms with Gasteiger partial charge in [0.1, 0.15) is 6.10 Å². The smallest absolute Gasteiger partial charge is 0.333 e. The number of aliphatic carboxylic acids is 1. The average molecular weight is 172 g/mol. The molecule has 1 fully saturated rings. The first-order valence-corrected chi connectivity index (χ1v) is 3.84. The second kappa shape index (κ2) is 3.69. The topological polar surface area (TPSA) is 66.8 Å². The molecular formula is C8H12O4. The minimum Gasteiger partial charge on any atom is -0.478 e. The van der Waals surface area contributed by atoms with E-state index in [1.165, 1.54) is 0 Å². The van der Waals surface area contributed by atoms with Crippen molar-refractivity contribution < 1.29 is 19.7 Å². The summed E-state index contributed by atoms with van der Waals surface area (Å²) in [5, 5.41) is 17.9. The van der Waals surface area contributed by atoms with Crippen molar-refractivity contribution in [1.29, 1.82) is 0 Å². The second-order valence-electron chi connectivity index (χ2n) is 2.83. The van der Waals surface area contributed by atoms with Gasteiger partial charge in [0, 0.05) is 6.61 Å². The predicted molar refractivity (Wildman–Crippen MR) is 41.8 cm³/mol. The fraction of sp³-hybridized carbons (Fsp3) is 0.625.